The molecule has 1 unspecified atom stereocenters. The van der Waals surface area contributed by atoms with E-state index in [1.807, 2.05) is 13.0 Å². The van der Waals surface area contributed by atoms with Crippen molar-refractivity contribution in [1.82, 2.24) is 14.9 Å². The highest BCUT2D eigenvalue weighted by molar-refractivity contribution is 5.35. The van der Waals surface area contributed by atoms with Gasteiger partial charge in [0.2, 0.25) is 0 Å². The lowest BCUT2D eigenvalue weighted by Gasteiger charge is -2.41. The number of nitrogens with one attached hydrogen (secondary N) is 1. The first-order valence-electron chi connectivity index (χ1n) is 7.36. The second-order valence-corrected chi connectivity index (χ2v) is 6.20. The van der Waals surface area contributed by atoms with E-state index < -0.39 is 0 Å². The fourth-order valence-corrected chi connectivity index (χ4v) is 2.88. The highest BCUT2D eigenvalue weighted by Crippen LogP contribution is 2.22. The molecule has 112 valence electrons. The van der Waals surface area contributed by atoms with Gasteiger partial charge in [-0.1, -0.05) is 0 Å². The van der Waals surface area contributed by atoms with Crippen LogP contribution < -0.4 is 5.32 Å². The normalized spacial score (nSPS) is 22.8. The fraction of sp³-hybridized carbons (Fsp3) is 0.733. The Hall–Kier alpha value is -1.20. The smallest absolute Gasteiger partial charge is 0.144 e. The Balaban J connectivity index is 2.09. The number of hydrogen-bond acceptors (Lipinski definition) is 5. The average Bonchev–Trinajstić information content (AvgIpc) is 2.24. The largest absolute Gasteiger partial charge is 0.370 e. The van der Waals surface area contributed by atoms with Crippen molar-refractivity contribution in [2.75, 3.05) is 25.0 Å². The first kappa shape index (κ1) is 15.2. The van der Waals surface area contributed by atoms with Crippen LogP contribution in [-0.4, -0.2) is 46.2 Å². The summed E-state index contributed by atoms with van der Waals surface area (Å²) in [6.45, 7) is 14.0. The summed E-state index contributed by atoms with van der Waals surface area (Å²) < 4.78 is 5.93. The monoisotopic (exact) mass is 278 g/mol. The summed E-state index contributed by atoms with van der Waals surface area (Å²) in [6.07, 6.45) is 0.247. The second kappa shape index (κ2) is 6.06. The van der Waals surface area contributed by atoms with Crippen LogP contribution in [0.5, 0.6) is 0 Å². The first-order valence-corrected chi connectivity index (χ1v) is 7.36. The maximum Gasteiger partial charge on any atom is 0.144 e. The van der Waals surface area contributed by atoms with E-state index in [1.54, 1.807) is 0 Å². The summed E-state index contributed by atoms with van der Waals surface area (Å²) >= 11 is 0. The Bertz CT molecular complexity index is 461. The molecule has 0 aromatic carbocycles. The van der Waals surface area contributed by atoms with Crippen LogP contribution in [0.15, 0.2) is 6.07 Å². The number of aryl methyl sites for hydroxylation is 1. The highest BCUT2D eigenvalue weighted by Gasteiger charge is 2.31. The van der Waals surface area contributed by atoms with Crippen molar-refractivity contribution in [1.29, 1.82) is 0 Å². The van der Waals surface area contributed by atoms with Gasteiger partial charge in [0.1, 0.15) is 11.6 Å². The predicted molar refractivity (Wildman–Crippen MR) is 80.8 cm³/mol. The topological polar surface area (TPSA) is 50.3 Å². The Morgan fingerprint density at radius 1 is 1.45 bits per heavy atom. The molecule has 0 bridgehead atoms. The molecule has 1 N–H and O–H groups in total. The lowest BCUT2D eigenvalue weighted by Crippen LogP contribution is -2.51. The molecule has 1 atom stereocenters. The van der Waals surface area contributed by atoms with Crippen LogP contribution in [0.1, 0.15) is 39.2 Å². The summed E-state index contributed by atoms with van der Waals surface area (Å²) in [5.74, 6) is 1.79. The molecular weight excluding hydrogens is 252 g/mol. The minimum Gasteiger partial charge on any atom is -0.370 e. The second-order valence-electron chi connectivity index (χ2n) is 6.20. The summed E-state index contributed by atoms with van der Waals surface area (Å²) in [4.78, 5) is 11.5. The first-order chi connectivity index (χ1) is 9.38. The molecule has 1 aliphatic rings. The average molecular weight is 278 g/mol. The number of nitrogens with zero attached hydrogens (tertiary/aromatic N) is 3. The number of ether oxygens (including phenoxy) is 1. The van der Waals surface area contributed by atoms with Gasteiger partial charge in [-0.3, -0.25) is 4.90 Å². The zero-order valence-corrected chi connectivity index (χ0v) is 13.2. The third-order valence-corrected chi connectivity index (χ3v) is 3.26. The molecule has 1 fully saturated rings. The Labute approximate surface area is 121 Å². The van der Waals surface area contributed by atoms with Crippen LogP contribution in [-0.2, 0) is 11.3 Å². The summed E-state index contributed by atoms with van der Waals surface area (Å²) in [7, 11) is 0. The van der Waals surface area contributed by atoms with Crippen molar-refractivity contribution >= 4 is 5.82 Å². The number of hydrogen-bond donors (Lipinski definition) is 1. The number of aromatic nitrogens is 2. The molecule has 0 saturated carbocycles. The van der Waals surface area contributed by atoms with E-state index in [2.05, 4.69) is 47.9 Å². The third kappa shape index (κ3) is 4.15. The van der Waals surface area contributed by atoms with E-state index >= 15 is 0 Å². The Morgan fingerprint density at radius 3 is 2.85 bits per heavy atom. The predicted octanol–water partition coefficient (Wildman–Crippen LogP) is 2.22. The number of anilines is 1. The molecule has 0 radical (unpaired) electrons. The molecule has 1 aromatic rings. The maximum absolute atomic E-state index is 5.93. The van der Waals surface area contributed by atoms with Gasteiger partial charge < -0.3 is 10.1 Å². The van der Waals surface area contributed by atoms with Gasteiger partial charge in [0.15, 0.2) is 0 Å². The van der Waals surface area contributed by atoms with Crippen LogP contribution in [0.4, 0.5) is 5.82 Å². The third-order valence-electron chi connectivity index (χ3n) is 3.26. The molecule has 5 nitrogen and oxygen atoms in total. The van der Waals surface area contributed by atoms with Gasteiger partial charge >= 0.3 is 0 Å². The van der Waals surface area contributed by atoms with Gasteiger partial charge in [-0.25, -0.2) is 9.97 Å². The van der Waals surface area contributed by atoms with Crippen LogP contribution in [0.25, 0.3) is 0 Å². The van der Waals surface area contributed by atoms with E-state index in [0.29, 0.717) is 0 Å². The van der Waals surface area contributed by atoms with Gasteiger partial charge in [-0.05, 0) is 34.6 Å². The summed E-state index contributed by atoms with van der Waals surface area (Å²) in [5, 5.41) is 3.26. The van der Waals surface area contributed by atoms with Crippen LogP contribution in [0.2, 0.25) is 0 Å². The van der Waals surface area contributed by atoms with Gasteiger partial charge in [-0.2, -0.15) is 0 Å². The van der Waals surface area contributed by atoms with Gasteiger partial charge in [0.25, 0.3) is 0 Å². The minimum atomic E-state index is -0.105. The van der Waals surface area contributed by atoms with Crippen LogP contribution in [0, 0.1) is 6.92 Å². The minimum absolute atomic E-state index is 0.105. The molecule has 0 aliphatic carbocycles. The SMILES string of the molecule is CCNc1cc(C)nc(CN2CC(C)OC(C)(C)C2)n1. The lowest BCUT2D eigenvalue weighted by molar-refractivity contribution is -0.131. The lowest BCUT2D eigenvalue weighted by atomic mass is 10.1. The van der Waals surface area contributed by atoms with Crippen molar-refractivity contribution in [3.63, 3.8) is 0 Å². The molecule has 1 saturated heterocycles. The molecule has 1 aromatic heterocycles. The van der Waals surface area contributed by atoms with Crippen molar-refractivity contribution in [3.05, 3.63) is 17.6 Å². The van der Waals surface area contributed by atoms with E-state index in [1.165, 1.54) is 0 Å². The Morgan fingerprint density at radius 2 is 2.20 bits per heavy atom. The highest BCUT2D eigenvalue weighted by atomic mass is 16.5. The zero-order chi connectivity index (χ0) is 14.8. The van der Waals surface area contributed by atoms with E-state index in [4.69, 9.17) is 4.74 Å². The van der Waals surface area contributed by atoms with Crippen molar-refractivity contribution < 1.29 is 4.74 Å². The van der Waals surface area contributed by atoms with Gasteiger partial charge in [0, 0.05) is 31.4 Å². The fourth-order valence-electron chi connectivity index (χ4n) is 2.88. The molecular formula is C15H26N4O. The van der Waals surface area contributed by atoms with Crippen molar-refractivity contribution in [3.8, 4) is 0 Å². The van der Waals surface area contributed by atoms with Gasteiger partial charge in [0.05, 0.1) is 18.2 Å². The van der Waals surface area contributed by atoms with Crippen LogP contribution in [0.3, 0.4) is 0 Å². The molecule has 2 rings (SSSR count). The molecule has 0 amide bonds. The van der Waals surface area contributed by atoms with E-state index in [9.17, 15) is 0 Å². The standard InChI is InChI=1S/C15H26N4O/c1-6-16-13-7-11(2)17-14(18-13)9-19-8-12(3)20-15(4,5)10-19/h7,12H,6,8-10H2,1-5H3,(H,16,17,18). The quantitative estimate of drug-likeness (QED) is 0.915. The van der Waals surface area contributed by atoms with E-state index in [-0.39, 0.29) is 11.7 Å². The van der Waals surface area contributed by atoms with E-state index in [0.717, 1.165) is 43.5 Å². The molecule has 5 heteroatoms. The van der Waals surface area contributed by atoms with Crippen LogP contribution >= 0.6 is 0 Å². The summed E-state index contributed by atoms with van der Waals surface area (Å²) in [6, 6.07) is 1.98. The molecule has 2 heterocycles. The number of morpholine rings is 1. The summed E-state index contributed by atoms with van der Waals surface area (Å²) in [5.41, 5.74) is 0.901. The molecule has 0 spiro atoms. The Kier molecular flexibility index (Phi) is 4.60. The molecule has 1 aliphatic heterocycles. The van der Waals surface area contributed by atoms with Crippen molar-refractivity contribution in [2.45, 2.75) is 52.9 Å². The maximum atomic E-state index is 5.93. The number of rotatable bonds is 4. The van der Waals surface area contributed by atoms with Gasteiger partial charge in [-0.15, -0.1) is 0 Å². The van der Waals surface area contributed by atoms with Crippen molar-refractivity contribution in [2.24, 2.45) is 0 Å². The zero-order valence-electron chi connectivity index (χ0n) is 13.2. The molecule has 20 heavy (non-hydrogen) atoms.